The molecule has 0 spiro atoms. The maximum Gasteiger partial charge on any atom is 0.416 e. The maximum absolute atomic E-state index is 13.6. The zero-order valence-corrected chi connectivity index (χ0v) is 26.9. The first-order valence-corrected chi connectivity index (χ1v) is 15.3. The van der Waals surface area contributed by atoms with Gasteiger partial charge in [0, 0.05) is 16.8 Å². The van der Waals surface area contributed by atoms with Gasteiger partial charge in [0.2, 0.25) is 0 Å². The van der Waals surface area contributed by atoms with Crippen LogP contribution in [0.4, 0.5) is 31.1 Å². The molecule has 49 heavy (non-hydrogen) atoms. The topological polar surface area (TPSA) is 89.0 Å². The van der Waals surface area contributed by atoms with Crippen molar-refractivity contribution in [2.45, 2.75) is 64.7 Å². The molecular formula is C36H32F6N2O5. The number of hydrogen-bond acceptors (Lipinski definition) is 5. The minimum Gasteiger partial charge on any atom is -0.496 e. The number of benzene rings is 3. The highest BCUT2D eigenvalue weighted by atomic mass is 19.4. The van der Waals surface area contributed by atoms with Gasteiger partial charge in [-0.05, 0) is 91.1 Å². The lowest BCUT2D eigenvalue weighted by molar-refractivity contribution is -0.143. The van der Waals surface area contributed by atoms with Crippen LogP contribution in [0.15, 0.2) is 66.7 Å². The van der Waals surface area contributed by atoms with Gasteiger partial charge in [0.25, 0.3) is 0 Å². The summed E-state index contributed by atoms with van der Waals surface area (Å²) >= 11 is 0. The predicted octanol–water partition coefficient (Wildman–Crippen LogP) is 9.50. The standard InChI is InChI=1S/C36H32F6N2O5/c1-5-6-26-9-11-28(29-16-21(8-12-31(29)48-4)27-10-7-22(33(45)46)13-19(27)2)30(43-26)18-44-20(3)32(49-34(44)47)23-14-24(35(37,38)39)17-25(15-23)36(40,41)42/h7-17,20,32H,5-6,18H2,1-4H3,(H,45,46)/t20-,32-/m0/s1. The van der Waals surface area contributed by atoms with Crippen LogP contribution < -0.4 is 4.74 Å². The molecule has 2 heterocycles. The molecule has 1 aliphatic heterocycles. The molecule has 1 N–H and O–H groups in total. The molecule has 1 saturated heterocycles. The third kappa shape index (κ3) is 7.35. The van der Waals surface area contributed by atoms with Gasteiger partial charge in [-0.3, -0.25) is 9.88 Å². The molecule has 0 radical (unpaired) electrons. The van der Waals surface area contributed by atoms with Gasteiger partial charge in [-0.1, -0.05) is 31.5 Å². The van der Waals surface area contributed by atoms with Gasteiger partial charge in [-0.15, -0.1) is 0 Å². The van der Waals surface area contributed by atoms with Gasteiger partial charge in [0.1, 0.15) is 11.9 Å². The van der Waals surface area contributed by atoms with Crippen LogP contribution in [0.5, 0.6) is 5.75 Å². The molecule has 4 aromatic rings. The fourth-order valence-corrected chi connectivity index (χ4v) is 5.98. The largest absolute Gasteiger partial charge is 0.496 e. The second kappa shape index (κ2) is 13.4. The van der Waals surface area contributed by atoms with Crippen molar-refractivity contribution in [3.8, 4) is 28.0 Å². The zero-order chi connectivity index (χ0) is 35.8. The van der Waals surface area contributed by atoms with E-state index in [0.29, 0.717) is 46.8 Å². The number of methoxy groups -OCH3 is 1. The second-order valence-electron chi connectivity index (χ2n) is 11.8. The number of halogens is 6. The summed E-state index contributed by atoms with van der Waals surface area (Å²) in [5, 5.41) is 9.40. The predicted molar refractivity (Wildman–Crippen MR) is 168 cm³/mol. The van der Waals surface area contributed by atoms with E-state index in [0.717, 1.165) is 23.1 Å². The highest BCUT2D eigenvalue weighted by Gasteiger charge is 2.43. The van der Waals surface area contributed by atoms with E-state index in [1.807, 2.05) is 31.2 Å². The molecule has 1 aliphatic rings. The number of amides is 1. The Labute approximate surface area is 278 Å². The number of aromatic nitrogens is 1. The number of rotatable bonds is 9. The van der Waals surface area contributed by atoms with Crippen molar-refractivity contribution in [1.29, 1.82) is 0 Å². The van der Waals surface area contributed by atoms with Gasteiger partial charge in [0.05, 0.1) is 42.1 Å². The molecule has 258 valence electrons. The Kier molecular flexibility index (Phi) is 9.67. The molecule has 13 heteroatoms. The number of ether oxygens (including phenoxy) is 2. The van der Waals surface area contributed by atoms with Crippen LogP contribution in [0.1, 0.15) is 70.4 Å². The number of nitrogens with zero attached hydrogens (tertiary/aromatic N) is 2. The molecule has 0 bridgehead atoms. The van der Waals surface area contributed by atoms with Crippen molar-refractivity contribution < 1.29 is 50.5 Å². The quantitative estimate of drug-likeness (QED) is 0.177. The number of carbonyl (C=O) groups is 2. The Morgan fingerprint density at radius 1 is 0.918 bits per heavy atom. The van der Waals surface area contributed by atoms with Crippen molar-refractivity contribution >= 4 is 12.1 Å². The first kappa shape index (κ1) is 35.2. The van der Waals surface area contributed by atoms with Crippen LogP contribution in [0, 0.1) is 6.92 Å². The molecular weight excluding hydrogens is 654 g/mol. The van der Waals surface area contributed by atoms with E-state index < -0.39 is 53.3 Å². The summed E-state index contributed by atoms with van der Waals surface area (Å²) in [6.07, 6.45) is -11.1. The van der Waals surface area contributed by atoms with E-state index in [2.05, 4.69) is 0 Å². The number of carboxylic acids is 1. The van der Waals surface area contributed by atoms with E-state index >= 15 is 0 Å². The second-order valence-corrected chi connectivity index (χ2v) is 11.8. The first-order valence-electron chi connectivity index (χ1n) is 15.3. The van der Waals surface area contributed by atoms with E-state index in [1.54, 1.807) is 25.1 Å². The van der Waals surface area contributed by atoms with Crippen LogP contribution in [0.3, 0.4) is 0 Å². The zero-order valence-electron chi connectivity index (χ0n) is 26.9. The average Bonchev–Trinajstić information content (AvgIpc) is 3.32. The van der Waals surface area contributed by atoms with Gasteiger partial charge in [-0.2, -0.15) is 26.3 Å². The Morgan fingerprint density at radius 2 is 1.57 bits per heavy atom. The summed E-state index contributed by atoms with van der Waals surface area (Å²) in [4.78, 5) is 30.8. The lowest BCUT2D eigenvalue weighted by Crippen LogP contribution is -2.32. The summed E-state index contributed by atoms with van der Waals surface area (Å²) in [5.41, 5.74) is 1.20. The summed E-state index contributed by atoms with van der Waals surface area (Å²) < 4.78 is 92.8. The number of cyclic esters (lactones) is 1. The van der Waals surface area contributed by atoms with E-state index in [4.69, 9.17) is 14.5 Å². The maximum atomic E-state index is 13.6. The number of carboxylic acid groups (broad SMARTS) is 1. The van der Waals surface area contributed by atoms with Crippen LogP contribution >= 0.6 is 0 Å². The number of aryl methyl sites for hydroxylation is 2. The molecule has 3 aromatic carbocycles. The molecule has 7 nitrogen and oxygen atoms in total. The Balaban J connectivity index is 1.56. The Morgan fingerprint density at radius 3 is 2.14 bits per heavy atom. The Bertz CT molecular complexity index is 1870. The van der Waals surface area contributed by atoms with Crippen molar-refractivity contribution in [1.82, 2.24) is 9.88 Å². The van der Waals surface area contributed by atoms with Crippen LogP contribution in [-0.2, 0) is 30.1 Å². The Hall–Kier alpha value is -5.07. The van der Waals surface area contributed by atoms with Gasteiger partial charge >= 0.3 is 24.4 Å². The van der Waals surface area contributed by atoms with Crippen molar-refractivity contribution in [3.05, 3.63) is 106 Å². The van der Waals surface area contributed by atoms with Gasteiger partial charge in [-0.25, -0.2) is 9.59 Å². The average molecular weight is 687 g/mol. The van der Waals surface area contributed by atoms with Crippen LogP contribution in [0.25, 0.3) is 22.3 Å². The molecule has 1 amide bonds. The SMILES string of the molecule is CCCc1ccc(-c2cc(-c3ccc(C(=O)O)cc3C)ccc2OC)c(CN2C(=O)O[C@H](c3cc(C(F)(F)F)cc(C(F)(F)F)c3)[C@@H]2C)n1. The summed E-state index contributed by atoms with van der Waals surface area (Å²) in [6.45, 7) is 5.07. The monoisotopic (exact) mass is 686 g/mol. The number of aromatic carboxylic acids is 1. The van der Waals surface area contributed by atoms with Gasteiger partial charge in [0.15, 0.2) is 0 Å². The fourth-order valence-electron chi connectivity index (χ4n) is 5.98. The molecule has 1 fully saturated rings. The van der Waals surface area contributed by atoms with Crippen molar-refractivity contribution in [3.63, 3.8) is 0 Å². The van der Waals surface area contributed by atoms with E-state index in [9.17, 15) is 41.0 Å². The fraction of sp³-hybridized carbons (Fsp3) is 0.306. The summed E-state index contributed by atoms with van der Waals surface area (Å²) in [6, 6.07) is 14.0. The van der Waals surface area contributed by atoms with E-state index in [1.165, 1.54) is 25.0 Å². The highest BCUT2D eigenvalue weighted by molar-refractivity contribution is 5.89. The normalized spacial score (nSPS) is 16.5. The molecule has 1 aromatic heterocycles. The van der Waals surface area contributed by atoms with Gasteiger partial charge < -0.3 is 14.6 Å². The molecule has 0 unspecified atom stereocenters. The number of pyridine rings is 1. The molecule has 2 atom stereocenters. The smallest absolute Gasteiger partial charge is 0.416 e. The summed E-state index contributed by atoms with van der Waals surface area (Å²) in [5.74, 6) is -0.591. The minimum atomic E-state index is -5.06. The van der Waals surface area contributed by atoms with Crippen molar-refractivity contribution in [2.75, 3.05) is 7.11 Å². The number of carbonyl (C=O) groups excluding carboxylic acids is 1. The van der Waals surface area contributed by atoms with Crippen LogP contribution in [0.2, 0.25) is 0 Å². The molecule has 5 rings (SSSR count). The highest BCUT2D eigenvalue weighted by Crippen LogP contribution is 2.42. The minimum absolute atomic E-state index is 0.0294. The third-order valence-electron chi connectivity index (χ3n) is 8.46. The van der Waals surface area contributed by atoms with Crippen molar-refractivity contribution in [2.24, 2.45) is 0 Å². The van der Waals surface area contributed by atoms with Crippen LogP contribution in [-0.4, -0.2) is 40.2 Å². The number of alkyl halides is 6. The van der Waals surface area contributed by atoms with E-state index in [-0.39, 0.29) is 18.2 Å². The lowest BCUT2D eigenvalue weighted by Gasteiger charge is -2.23. The first-order chi connectivity index (χ1) is 23.0. The number of hydrogen-bond donors (Lipinski definition) is 1. The molecule has 0 aliphatic carbocycles. The summed E-state index contributed by atoms with van der Waals surface area (Å²) in [7, 11) is 1.48. The third-order valence-corrected chi connectivity index (χ3v) is 8.46. The lowest BCUT2D eigenvalue weighted by atomic mass is 9.93. The molecule has 0 saturated carbocycles.